The highest BCUT2D eigenvalue weighted by Gasteiger charge is 2.26. The predicted octanol–water partition coefficient (Wildman–Crippen LogP) is 3.42. The molecule has 27 heavy (non-hydrogen) atoms. The van der Waals surface area contributed by atoms with Gasteiger partial charge in [0, 0.05) is 30.5 Å². The Morgan fingerprint density at radius 2 is 1.70 bits per heavy atom. The average molecular weight is 401 g/mol. The van der Waals surface area contributed by atoms with Gasteiger partial charge >= 0.3 is 0 Å². The lowest BCUT2D eigenvalue weighted by Gasteiger charge is -2.26. The van der Waals surface area contributed by atoms with Gasteiger partial charge in [0.25, 0.3) is 0 Å². The van der Waals surface area contributed by atoms with Gasteiger partial charge in [0.15, 0.2) is 0 Å². The van der Waals surface area contributed by atoms with Crippen LogP contribution >= 0.6 is 11.3 Å². The molecule has 3 aromatic rings. The molecule has 5 nitrogen and oxygen atoms in total. The normalized spacial score (nSPS) is 15.7. The Bertz CT molecular complexity index is 993. The van der Waals surface area contributed by atoms with Crippen molar-refractivity contribution in [1.29, 1.82) is 0 Å². The summed E-state index contributed by atoms with van der Waals surface area (Å²) in [6.07, 6.45) is 0.801. The Balaban J connectivity index is 1.51. The molecule has 0 unspecified atom stereocenters. The molecular formula is C20H20N2O3S2. The molecule has 0 amide bonds. The number of hydrogen-bond acceptors (Lipinski definition) is 5. The minimum Gasteiger partial charge on any atom is -0.379 e. The first-order chi connectivity index (χ1) is 13.1. The number of hydrogen-bond donors (Lipinski definition) is 0. The highest BCUT2D eigenvalue weighted by Crippen LogP contribution is 2.26. The summed E-state index contributed by atoms with van der Waals surface area (Å²) in [5.74, 6) is 0. The van der Waals surface area contributed by atoms with Crippen LogP contribution in [0.1, 0.15) is 10.6 Å². The van der Waals surface area contributed by atoms with Crippen LogP contribution in [0, 0.1) is 0 Å². The van der Waals surface area contributed by atoms with Crippen LogP contribution < -0.4 is 0 Å². The summed E-state index contributed by atoms with van der Waals surface area (Å²) >= 11 is 1.62. The molecule has 0 radical (unpaired) electrons. The fourth-order valence-corrected chi connectivity index (χ4v) is 5.27. The summed E-state index contributed by atoms with van der Waals surface area (Å²) < 4.78 is 32.1. The molecule has 0 aliphatic carbocycles. The summed E-state index contributed by atoms with van der Waals surface area (Å²) in [6, 6.07) is 17.2. The van der Waals surface area contributed by atoms with Gasteiger partial charge in [0.05, 0.1) is 28.8 Å². The predicted molar refractivity (Wildman–Crippen MR) is 106 cm³/mol. The lowest BCUT2D eigenvalue weighted by atomic mass is 10.1. The van der Waals surface area contributed by atoms with Gasteiger partial charge in [-0.1, -0.05) is 42.5 Å². The number of sulfonamides is 1. The minimum atomic E-state index is -3.46. The van der Waals surface area contributed by atoms with Gasteiger partial charge in [-0.15, -0.1) is 11.3 Å². The van der Waals surface area contributed by atoms with Crippen molar-refractivity contribution in [3.8, 4) is 11.3 Å². The molecule has 4 rings (SSSR count). The number of benzene rings is 2. The van der Waals surface area contributed by atoms with E-state index in [0.29, 0.717) is 31.2 Å². The fourth-order valence-electron chi connectivity index (χ4n) is 3.03. The molecule has 0 bridgehead atoms. The zero-order valence-corrected chi connectivity index (χ0v) is 16.4. The third-order valence-electron chi connectivity index (χ3n) is 4.51. The zero-order valence-electron chi connectivity index (χ0n) is 14.7. The van der Waals surface area contributed by atoms with Gasteiger partial charge in [-0.2, -0.15) is 4.31 Å². The lowest BCUT2D eigenvalue weighted by Crippen LogP contribution is -2.40. The highest BCUT2D eigenvalue weighted by atomic mass is 32.2. The largest absolute Gasteiger partial charge is 0.379 e. The van der Waals surface area contributed by atoms with Gasteiger partial charge in [-0.3, -0.25) is 0 Å². The Labute approximate surface area is 163 Å². The maximum atomic E-state index is 12.7. The zero-order chi connectivity index (χ0) is 18.7. The quantitative estimate of drug-likeness (QED) is 0.658. The van der Waals surface area contributed by atoms with Crippen LogP contribution in [-0.2, 0) is 21.2 Å². The van der Waals surface area contributed by atoms with Crippen LogP contribution in [0.15, 0.2) is 64.9 Å². The van der Waals surface area contributed by atoms with Crippen molar-refractivity contribution in [2.24, 2.45) is 0 Å². The third-order valence-corrected chi connectivity index (χ3v) is 7.27. The van der Waals surface area contributed by atoms with Crippen LogP contribution in [0.3, 0.4) is 0 Å². The van der Waals surface area contributed by atoms with Crippen LogP contribution in [0.25, 0.3) is 11.3 Å². The molecule has 2 heterocycles. The smallest absolute Gasteiger partial charge is 0.243 e. The van der Waals surface area contributed by atoms with Gasteiger partial charge in [0.1, 0.15) is 0 Å². The van der Waals surface area contributed by atoms with E-state index in [4.69, 9.17) is 9.72 Å². The molecule has 0 saturated carbocycles. The highest BCUT2D eigenvalue weighted by molar-refractivity contribution is 7.89. The van der Waals surface area contributed by atoms with Crippen molar-refractivity contribution < 1.29 is 13.2 Å². The van der Waals surface area contributed by atoms with E-state index in [-0.39, 0.29) is 0 Å². The summed E-state index contributed by atoms with van der Waals surface area (Å²) in [6.45, 7) is 1.69. The van der Waals surface area contributed by atoms with E-state index in [9.17, 15) is 8.42 Å². The van der Waals surface area contributed by atoms with Gasteiger partial charge in [-0.25, -0.2) is 13.4 Å². The fraction of sp³-hybridized carbons (Fsp3) is 0.250. The average Bonchev–Trinajstić information content (AvgIpc) is 3.18. The Morgan fingerprint density at radius 1 is 1.00 bits per heavy atom. The maximum Gasteiger partial charge on any atom is 0.243 e. The van der Waals surface area contributed by atoms with Crippen molar-refractivity contribution >= 4 is 21.4 Å². The van der Waals surface area contributed by atoms with Crippen LogP contribution in [0.2, 0.25) is 0 Å². The van der Waals surface area contributed by atoms with E-state index in [1.807, 2.05) is 35.7 Å². The summed E-state index contributed by atoms with van der Waals surface area (Å²) in [5, 5.41) is 3.06. The first-order valence-corrected chi connectivity index (χ1v) is 11.1. The molecule has 0 spiro atoms. The SMILES string of the molecule is O=S(=O)(c1ccc(-c2csc(Cc3ccccc3)n2)cc1)N1CCOCC1. The summed E-state index contributed by atoms with van der Waals surface area (Å²) in [7, 11) is -3.46. The molecule has 0 N–H and O–H groups in total. The molecule has 2 aromatic carbocycles. The van der Waals surface area contributed by atoms with E-state index in [1.165, 1.54) is 9.87 Å². The molecule has 1 aliphatic heterocycles. The number of rotatable bonds is 5. The number of morpholine rings is 1. The molecule has 1 aromatic heterocycles. The second-order valence-electron chi connectivity index (χ2n) is 6.33. The van der Waals surface area contributed by atoms with Crippen LogP contribution in [0.5, 0.6) is 0 Å². The van der Waals surface area contributed by atoms with E-state index in [1.54, 1.807) is 23.5 Å². The minimum absolute atomic E-state index is 0.313. The molecule has 1 saturated heterocycles. The number of ether oxygens (including phenoxy) is 1. The van der Waals surface area contributed by atoms with Crippen LogP contribution in [0.4, 0.5) is 0 Å². The number of thiazole rings is 1. The van der Waals surface area contributed by atoms with Gasteiger partial charge < -0.3 is 4.74 Å². The Kier molecular flexibility index (Phi) is 5.36. The first-order valence-electron chi connectivity index (χ1n) is 8.79. The second-order valence-corrected chi connectivity index (χ2v) is 9.21. The van der Waals surface area contributed by atoms with E-state index >= 15 is 0 Å². The van der Waals surface area contributed by atoms with Gasteiger partial charge in [-0.05, 0) is 17.7 Å². The van der Waals surface area contributed by atoms with Gasteiger partial charge in [0.2, 0.25) is 10.0 Å². The topological polar surface area (TPSA) is 59.5 Å². The maximum absolute atomic E-state index is 12.7. The Hall–Kier alpha value is -2.06. The van der Waals surface area contributed by atoms with E-state index < -0.39 is 10.0 Å². The first kappa shape index (κ1) is 18.3. The number of nitrogens with zero attached hydrogens (tertiary/aromatic N) is 2. The van der Waals surface area contributed by atoms with Crippen LogP contribution in [-0.4, -0.2) is 44.0 Å². The standard InChI is InChI=1S/C20H20N2O3S2/c23-27(24,22-10-12-25-13-11-22)18-8-6-17(7-9-18)19-15-26-20(21-19)14-16-4-2-1-3-5-16/h1-9,15H,10-14H2. The van der Waals surface area contributed by atoms with Crippen molar-refractivity contribution in [1.82, 2.24) is 9.29 Å². The third kappa shape index (κ3) is 4.11. The monoisotopic (exact) mass is 400 g/mol. The van der Waals surface area contributed by atoms with E-state index in [0.717, 1.165) is 22.7 Å². The second kappa shape index (κ2) is 7.90. The lowest BCUT2D eigenvalue weighted by molar-refractivity contribution is 0.0730. The van der Waals surface area contributed by atoms with E-state index in [2.05, 4.69) is 12.1 Å². The molecule has 140 valence electrons. The molecule has 7 heteroatoms. The molecule has 0 atom stereocenters. The Morgan fingerprint density at radius 3 is 2.41 bits per heavy atom. The summed E-state index contributed by atoms with van der Waals surface area (Å²) in [5.41, 5.74) is 3.03. The molecule has 1 fully saturated rings. The number of aromatic nitrogens is 1. The van der Waals surface area contributed by atoms with Crippen molar-refractivity contribution in [3.05, 3.63) is 70.5 Å². The van der Waals surface area contributed by atoms with Crippen molar-refractivity contribution in [2.75, 3.05) is 26.3 Å². The van der Waals surface area contributed by atoms with Crippen molar-refractivity contribution in [2.45, 2.75) is 11.3 Å². The molecule has 1 aliphatic rings. The van der Waals surface area contributed by atoms with Crippen molar-refractivity contribution in [3.63, 3.8) is 0 Å². The summed E-state index contributed by atoms with van der Waals surface area (Å²) in [4.78, 5) is 5.01. The molecular weight excluding hydrogens is 380 g/mol.